The highest BCUT2D eigenvalue weighted by Crippen LogP contribution is 2.43. The third kappa shape index (κ3) is 4.15. The number of imide groups is 1. The van der Waals surface area contributed by atoms with Crippen molar-refractivity contribution in [3.63, 3.8) is 0 Å². The molecule has 0 saturated heterocycles. The topological polar surface area (TPSA) is 57.6 Å². The number of aliphatic hydroxyl groups excluding tert-OH is 1. The van der Waals surface area contributed by atoms with Crippen molar-refractivity contribution in [2.45, 2.75) is 16.4 Å². The van der Waals surface area contributed by atoms with E-state index in [-0.39, 0.29) is 18.4 Å². The molecule has 0 unspecified atom stereocenters. The summed E-state index contributed by atoms with van der Waals surface area (Å²) in [5.41, 5.74) is 1.21. The SMILES string of the molecule is O=C1C(Sc2ccccc2)=C(Sc2ccccc2)C(=O)N1c1ccc(CO)cc1. The first-order chi connectivity index (χ1) is 14.2. The first kappa shape index (κ1) is 19.5. The van der Waals surface area contributed by atoms with Gasteiger partial charge in [0.25, 0.3) is 11.8 Å². The Kier molecular flexibility index (Phi) is 5.85. The maximum atomic E-state index is 13.2. The number of benzene rings is 3. The minimum absolute atomic E-state index is 0.0926. The molecule has 1 N–H and O–H groups in total. The van der Waals surface area contributed by atoms with Gasteiger partial charge in [-0.2, -0.15) is 0 Å². The molecule has 144 valence electrons. The standard InChI is InChI=1S/C23H17NO3S2/c25-15-16-11-13-17(14-12-16)24-22(26)20(28-18-7-3-1-4-8-18)21(23(24)27)29-19-9-5-2-6-10-19/h1-14,25H,15H2. The Balaban J connectivity index is 1.72. The largest absolute Gasteiger partial charge is 0.392 e. The Bertz CT molecular complexity index is 1000. The van der Waals surface area contributed by atoms with Crippen LogP contribution in [-0.2, 0) is 16.2 Å². The van der Waals surface area contributed by atoms with Gasteiger partial charge in [-0.25, -0.2) is 4.90 Å². The van der Waals surface area contributed by atoms with Crippen LogP contribution in [0.25, 0.3) is 0 Å². The van der Waals surface area contributed by atoms with Gasteiger partial charge < -0.3 is 5.11 Å². The third-order valence-corrected chi connectivity index (χ3v) is 6.61. The van der Waals surface area contributed by atoms with Crippen molar-refractivity contribution < 1.29 is 14.7 Å². The van der Waals surface area contributed by atoms with Crippen molar-refractivity contribution in [1.29, 1.82) is 0 Å². The van der Waals surface area contributed by atoms with Gasteiger partial charge >= 0.3 is 0 Å². The van der Waals surface area contributed by atoms with E-state index in [4.69, 9.17) is 0 Å². The van der Waals surface area contributed by atoms with Gasteiger partial charge in [-0.3, -0.25) is 9.59 Å². The van der Waals surface area contributed by atoms with Crippen molar-refractivity contribution in [1.82, 2.24) is 0 Å². The number of aliphatic hydroxyl groups is 1. The molecule has 0 bridgehead atoms. The number of anilines is 1. The van der Waals surface area contributed by atoms with Crippen LogP contribution in [0.3, 0.4) is 0 Å². The Morgan fingerprint density at radius 3 is 1.52 bits per heavy atom. The fourth-order valence-corrected chi connectivity index (χ4v) is 4.89. The van der Waals surface area contributed by atoms with Crippen molar-refractivity contribution in [2.75, 3.05) is 4.90 Å². The molecule has 3 aromatic rings. The number of hydrogen-bond acceptors (Lipinski definition) is 5. The minimum atomic E-state index is -0.334. The van der Waals surface area contributed by atoms with Crippen LogP contribution in [0.15, 0.2) is 105 Å². The molecule has 0 aromatic heterocycles. The quantitative estimate of drug-likeness (QED) is 0.579. The fourth-order valence-electron chi connectivity index (χ4n) is 2.87. The second-order valence-electron chi connectivity index (χ2n) is 6.26. The molecule has 4 nitrogen and oxygen atoms in total. The lowest BCUT2D eigenvalue weighted by molar-refractivity contribution is -0.120. The summed E-state index contributed by atoms with van der Waals surface area (Å²) in [6.45, 7) is -0.0926. The molecule has 4 rings (SSSR count). The summed E-state index contributed by atoms with van der Waals surface area (Å²) in [5, 5.41) is 9.25. The van der Waals surface area contributed by atoms with Crippen molar-refractivity contribution >= 4 is 41.0 Å². The first-order valence-electron chi connectivity index (χ1n) is 8.96. The summed E-state index contributed by atoms with van der Waals surface area (Å²) in [7, 11) is 0. The van der Waals surface area contributed by atoms with Gasteiger partial charge in [-0.1, -0.05) is 72.1 Å². The maximum absolute atomic E-state index is 13.2. The number of thioether (sulfide) groups is 2. The van der Waals surface area contributed by atoms with E-state index in [2.05, 4.69) is 0 Å². The average molecular weight is 420 g/mol. The summed E-state index contributed by atoms with van der Waals surface area (Å²) in [4.78, 5) is 30.3. The highest BCUT2D eigenvalue weighted by Gasteiger charge is 2.40. The molecular weight excluding hydrogens is 402 g/mol. The molecule has 0 aliphatic carbocycles. The van der Waals surface area contributed by atoms with Crippen LogP contribution in [0, 0.1) is 0 Å². The Morgan fingerprint density at radius 2 is 1.10 bits per heavy atom. The van der Waals surface area contributed by atoms with Gasteiger partial charge in [-0.15, -0.1) is 0 Å². The molecule has 29 heavy (non-hydrogen) atoms. The van der Waals surface area contributed by atoms with Gasteiger partial charge in [0, 0.05) is 9.79 Å². The molecule has 1 heterocycles. The Labute approximate surface area is 177 Å². The molecule has 3 aromatic carbocycles. The van der Waals surface area contributed by atoms with E-state index in [9.17, 15) is 14.7 Å². The monoisotopic (exact) mass is 419 g/mol. The summed E-state index contributed by atoms with van der Waals surface area (Å²) >= 11 is 2.61. The van der Waals surface area contributed by atoms with Gasteiger partial charge in [0.15, 0.2) is 0 Å². The van der Waals surface area contributed by atoms with E-state index in [0.717, 1.165) is 15.4 Å². The van der Waals surface area contributed by atoms with E-state index in [1.165, 1.54) is 28.4 Å². The van der Waals surface area contributed by atoms with Crippen LogP contribution in [0.1, 0.15) is 5.56 Å². The normalized spacial score (nSPS) is 14.0. The molecule has 1 aliphatic rings. The molecule has 0 radical (unpaired) electrons. The predicted octanol–water partition coefficient (Wildman–Crippen LogP) is 4.85. The van der Waals surface area contributed by atoms with E-state index < -0.39 is 0 Å². The lowest BCUT2D eigenvalue weighted by atomic mass is 10.2. The van der Waals surface area contributed by atoms with Crippen LogP contribution >= 0.6 is 23.5 Å². The molecule has 0 spiro atoms. The molecule has 6 heteroatoms. The van der Waals surface area contributed by atoms with Crippen LogP contribution in [0.4, 0.5) is 5.69 Å². The highest BCUT2D eigenvalue weighted by molar-refractivity contribution is 8.08. The van der Waals surface area contributed by atoms with Crippen LogP contribution in [0.5, 0.6) is 0 Å². The second-order valence-corrected chi connectivity index (χ2v) is 8.43. The number of amides is 2. The van der Waals surface area contributed by atoms with Gasteiger partial charge in [-0.05, 0) is 42.0 Å². The predicted molar refractivity (Wildman–Crippen MR) is 116 cm³/mol. The number of hydrogen-bond donors (Lipinski definition) is 1. The van der Waals surface area contributed by atoms with E-state index >= 15 is 0 Å². The zero-order valence-electron chi connectivity index (χ0n) is 15.3. The highest BCUT2D eigenvalue weighted by atomic mass is 32.2. The first-order valence-corrected chi connectivity index (χ1v) is 10.6. The van der Waals surface area contributed by atoms with Crippen molar-refractivity contribution in [3.8, 4) is 0 Å². The summed E-state index contributed by atoms with van der Waals surface area (Å²) < 4.78 is 0. The second kappa shape index (κ2) is 8.69. The Morgan fingerprint density at radius 1 is 0.655 bits per heavy atom. The van der Waals surface area contributed by atoms with Crippen molar-refractivity contribution in [2.24, 2.45) is 0 Å². The molecule has 0 saturated carbocycles. The van der Waals surface area contributed by atoms with Crippen LogP contribution in [-0.4, -0.2) is 16.9 Å². The zero-order chi connectivity index (χ0) is 20.2. The zero-order valence-corrected chi connectivity index (χ0v) is 17.0. The number of carbonyl (C=O) groups is 2. The number of nitrogens with zero attached hydrogens (tertiary/aromatic N) is 1. The van der Waals surface area contributed by atoms with E-state index in [0.29, 0.717) is 15.5 Å². The minimum Gasteiger partial charge on any atom is -0.392 e. The smallest absolute Gasteiger partial charge is 0.273 e. The fraction of sp³-hybridized carbons (Fsp3) is 0.0435. The summed E-state index contributed by atoms with van der Waals surface area (Å²) in [6.07, 6.45) is 0. The van der Waals surface area contributed by atoms with Crippen LogP contribution in [0.2, 0.25) is 0 Å². The van der Waals surface area contributed by atoms with Gasteiger partial charge in [0.05, 0.1) is 22.1 Å². The van der Waals surface area contributed by atoms with Crippen LogP contribution < -0.4 is 4.90 Å². The lowest BCUT2D eigenvalue weighted by Gasteiger charge is -2.15. The van der Waals surface area contributed by atoms with E-state index in [1.54, 1.807) is 24.3 Å². The average Bonchev–Trinajstić information content (AvgIpc) is 2.99. The van der Waals surface area contributed by atoms with Gasteiger partial charge in [0.2, 0.25) is 0 Å². The van der Waals surface area contributed by atoms with Crippen molar-refractivity contribution in [3.05, 3.63) is 100 Å². The molecule has 2 amide bonds. The number of carbonyl (C=O) groups excluding carboxylic acids is 2. The molecule has 0 fully saturated rings. The summed E-state index contributed by atoms with van der Waals surface area (Å²) in [6, 6.07) is 25.9. The maximum Gasteiger partial charge on any atom is 0.273 e. The third-order valence-electron chi connectivity index (χ3n) is 4.30. The molecule has 1 aliphatic heterocycles. The van der Waals surface area contributed by atoms with E-state index in [1.807, 2.05) is 60.7 Å². The summed E-state index contributed by atoms with van der Waals surface area (Å²) in [5.74, 6) is -0.668. The Hall–Kier alpha value is -2.80. The molecular formula is C23H17NO3S2. The van der Waals surface area contributed by atoms with Gasteiger partial charge in [0.1, 0.15) is 0 Å². The lowest BCUT2D eigenvalue weighted by Crippen LogP contribution is -2.31. The molecule has 0 atom stereocenters. The number of rotatable bonds is 6.